The highest BCUT2D eigenvalue weighted by atomic mass is 16.5. The second kappa shape index (κ2) is 7.84. The average molecular weight is 399 g/mol. The van der Waals surface area contributed by atoms with Crippen molar-refractivity contribution in [2.24, 2.45) is 11.6 Å². The number of anilines is 1. The van der Waals surface area contributed by atoms with Crippen molar-refractivity contribution < 1.29 is 9.84 Å². The lowest BCUT2D eigenvalue weighted by molar-refractivity contribution is 0.0524. The summed E-state index contributed by atoms with van der Waals surface area (Å²) in [6.07, 6.45) is 6.04. The molecule has 29 heavy (non-hydrogen) atoms. The molecule has 3 heterocycles. The maximum atomic E-state index is 10.3. The van der Waals surface area contributed by atoms with Gasteiger partial charge < -0.3 is 20.9 Å². The largest absolute Gasteiger partial charge is 0.506 e. The number of rotatable bonds is 5. The van der Waals surface area contributed by atoms with Crippen LogP contribution in [0.15, 0.2) is 36.8 Å². The Morgan fingerprint density at radius 1 is 1.21 bits per heavy atom. The lowest BCUT2D eigenvalue weighted by atomic mass is 9.81. The van der Waals surface area contributed by atoms with Gasteiger partial charge in [0.05, 0.1) is 11.9 Å². The van der Waals surface area contributed by atoms with Crippen LogP contribution < -0.4 is 26.6 Å². The Balaban J connectivity index is 1.74. The topological polar surface area (TPSA) is 135 Å². The molecule has 0 radical (unpaired) electrons. The third kappa shape index (κ3) is 5.12. The van der Waals surface area contributed by atoms with E-state index in [1.165, 1.54) is 29.7 Å². The number of nitrogens with zero attached hydrogens (tertiary/aromatic N) is 4. The molecule has 9 nitrogen and oxygen atoms in total. The van der Waals surface area contributed by atoms with E-state index in [1.807, 2.05) is 0 Å². The summed E-state index contributed by atoms with van der Waals surface area (Å²) in [7, 11) is 0. The molecule has 0 bridgehead atoms. The Labute approximate surface area is 170 Å². The number of hydrazine groups is 1. The summed E-state index contributed by atoms with van der Waals surface area (Å²) >= 11 is 0. The van der Waals surface area contributed by atoms with Crippen molar-refractivity contribution in [2.75, 3.05) is 5.01 Å². The van der Waals surface area contributed by atoms with E-state index in [4.69, 9.17) is 16.3 Å². The van der Waals surface area contributed by atoms with Crippen LogP contribution in [-0.2, 0) is 0 Å². The van der Waals surface area contributed by atoms with Crippen LogP contribution in [0.25, 0.3) is 11.4 Å². The minimum atomic E-state index is -0.0619. The molecule has 0 spiro atoms. The zero-order chi connectivity index (χ0) is 21.2. The predicted molar refractivity (Wildman–Crippen MR) is 112 cm³/mol. The zero-order valence-electron chi connectivity index (χ0n) is 17.3. The summed E-state index contributed by atoms with van der Waals surface area (Å²) in [6.45, 7) is 8.68. The van der Waals surface area contributed by atoms with E-state index in [1.54, 1.807) is 12.1 Å². The summed E-state index contributed by atoms with van der Waals surface area (Å²) in [5, 5.41) is 23.5. The maximum Gasteiger partial charge on any atom is 0.233 e. The van der Waals surface area contributed by atoms with Gasteiger partial charge in [-0.15, -0.1) is 10.2 Å². The normalized spacial score (nSPS) is 18.7. The molecular weight excluding hydrogens is 370 g/mol. The molecule has 0 aromatic carbocycles. The van der Waals surface area contributed by atoms with Crippen molar-refractivity contribution >= 4 is 5.69 Å². The third-order valence-electron chi connectivity index (χ3n) is 4.72. The van der Waals surface area contributed by atoms with Crippen LogP contribution in [-0.4, -0.2) is 37.5 Å². The zero-order valence-corrected chi connectivity index (χ0v) is 17.3. The molecule has 3 rings (SSSR count). The number of pyridine rings is 1. The molecule has 0 unspecified atom stereocenters. The van der Waals surface area contributed by atoms with E-state index in [2.05, 4.69) is 48.2 Å². The van der Waals surface area contributed by atoms with Crippen molar-refractivity contribution in [3.05, 3.63) is 36.8 Å². The van der Waals surface area contributed by atoms with Gasteiger partial charge in [0.2, 0.25) is 5.88 Å². The van der Waals surface area contributed by atoms with Crippen LogP contribution in [0.2, 0.25) is 0 Å². The third-order valence-corrected chi connectivity index (χ3v) is 4.72. The standard InChI is InChI=1S/C20H29N7O2/c1-19(2)10-14(11-20(3,4)26-19)29-17-6-5-15(24-25-17)18-16(28)9-13(12-23-18)27(22)8-7-21/h5-9,12,14,26,28H,10-11,21-22H2,1-4H3/b8-7-. The summed E-state index contributed by atoms with van der Waals surface area (Å²) in [5.41, 5.74) is 6.50. The molecule has 9 heteroatoms. The Hall–Kier alpha value is -2.91. The molecule has 0 saturated carbocycles. The molecular formula is C20H29N7O2. The SMILES string of the molecule is CC1(C)CC(Oc2ccc(-c3ncc(N(N)/C=C\N)cc3O)nn2)CC(C)(C)N1. The fraction of sp³-hybridized carbons (Fsp3) is 0.450. The fourth-order valence-electron chi connectivity index (χ4n) is 3.95. The van der Waals surface area contributed by atoms with Crippen LogP contribution in [0, 0.1) is 0 Å². The van der Waals surface area contributed by atoms with Gasteiger partial charge in [-0.2, -0.15) is 0 Å². The number of aromatic nitrogens is 3. The minimum Gasteiger partial charge on any atom is -0.506 e. The van der Waals surface area contributed by atoms with Gasteiger partial charge in [0.1, 0.15) is 23.2 Å². The highest BCUT2D eigenvalue weighted by Gasteiger charge is 2.38. The predicted octanol–water partition coefficient (Wildman–Crippen LogP) is 2.04. The summed E-state index contributed by atoms with van der Waals surface area (Å²) in [6, 6.07) is 4.95. The summed E-state index contributed by atoms with van der Waals surface area (Å²) < 4.78 is 6.09. The molecule has 2 aromatic heterocycles. The van der Waals surface area contributed by atoms with Crippen LogP contribution in [0.3, 0.4) is 0 Å². The Bertz CT molecular complexity index is 865. The number of hydrogen-bond acceptors (Lipinski definition) is 9. The van der Waals surface area contributed by atoms with Gasteiger partial charge in [0, 0.05) is 48.5 Å². The van der Waals surface area contributed by atoms with Gasteiger partial charge in [-0.25, -0.2) is 10.8 Å². The first-order valence-electron chi connectivity index (χ1n) is 9.50. The smallest absolute Gasteiger partial charge is 0.233 e. The van der Waals surface area contributed by atoms with Gasteiger partial charge >= 0.3 is 0 Å². The minimum absolute atomic E-state index is 0.0206. The quantitative estimate of drug-likeness (QED) is 0.440. The molecule has 6 N–H and O–H groups in total. The van der Waals surface area contributed by atoms with Gasteiger partial charge in [-0.3, -0.25) is 5.01 Å². The van der Waals surface area contributed by atoms with E-state index < -0.39 is 0 Å². The highest BCUT2D eigenvalue weighted by Crippen LogP contribution is 2.32. The first-order valence-corrected chi connectivity index (χ1v) is 9.50. The molecule has 0 atom stereocenters. The van der Waals surface area contributed by atoms with Gasteiger partial charge in [0.15, 0.2) is 0 Å². The number of piperidine rings is 1. The van der Waals surface area contributed by atoms with Crippen molar-refractivity contribution in [2.45, 2.75) is 57.7 Å². The first-order chi connectivity index (χ1) is 13.6. The van der Waals surface area contributed by atoms with E-state index in [0.717, 1.165) is 12.8 Å². The number of hydrogen-bond donors (Lipinski definition) is 4. The van der Waals surface area contributed by atoms with Crippen molar-refractivity contribution in [1.82, 2.24) is 20.5 Å². The molecule has 156 valence electrons. The average Bonchev–Trinajstić information content (AvgIpc) is 2.60. The number of ether oxygens (including phenoxy) is 1. The Kier molecular flexibility index (Phi) is 5.63. The van der Waals surface area contributed by atoms with Gasteiger partial charge in [0.25, 0.3) is 0 Å². The van der Waals surface area contributed by atoms with Crippen molar-refractivity contribution in [3.63, 3.8) is 0 Å². The molecule has 1 aliphatic rings. The van der Waals surface area contributed by atoms with Crippen LogP contribution >= 0.6 is 0 Å². The van der Waals surface area contributed by atoms with E-state index in [0.29, 0.717) is 23.0 Å². The number of aromatic hydroxyl groups is 1. The van der Waals surface area contributed by atoms with E-state index in [9.17, 15) is 5.11 Å². The molecule has 1 aliphatic heterocycles. The van der Waals surface area contributed by atoms with Crippen molar-refractivity contribution in [3.8, 4) is 23.0 Å². The van der Waals surface area contributed by atoms with Crippen LogP contribution in [0.4, 0.5) is 5.69 Å². The van der Waals surface area contributed by atoms with Gasteiger partial charge in [-0.1, -0.05) is 0 Å². The summed E-state index contributed by atoms with van der Waals surface area (Å²) in [5.74, 6) is 6.16. The molecule has 0 aliphatic carbocycles. The molecule has 0 amide bonds. The van der Waals surface area contributed by atoms with Gasteiger partial charge in [-0.05, 0) is 33.8 Å². The maximum absolute atomic E-state index is 10.3. The lowest BCUT2D eigenvalue weighted by Gasteiger charge is -2.46. The van der Waals surface area contributed by atoms with Crippen LogP contribution in [0.5, 0.6) is 11.6 Å². The highest BCUT2D eigenvalue weighted by molar-refractivity contribution is 5.65. The van der Waals surface area contributed by atoms with E-state index in [-0.39, 0.29) is 22.9 Å². The second-order valence-electron chi connectivity index (χ2n) is 8.61. The van der Waals surface area contributed by atoms with Crippen molar-refractivity contribution in [1.29, 1.82) is 0 Å². The lowest BCUT2D eigenvalue weighted by Crippen LogP contribution is -2.60. The van der Waals surface area contributed by atoms with E-state index >= 15 is 0 Å². The second-order valence-corrected chi connectivity index (χ2v) is 8.61. The summed E-state index contributed by atoms with van der Waals surface area (Å²) in [4.78, 5) is 4.24. The van der Waals surface area contributed by atoms with Crippen LogP contribution in [0.1, 0.15) is 40.5 Å². The number of nitrogens with one attached hydrogen (secondary N) is 1. The number of nitrogens with two attached hydrogens (primary N) is 2. The first kappa shape index (κ1) is 20.8. The molecule has 1 fully saturated rings. The molecule has 1 saturated heterocycles. The molecule has 2 aromatic rings. The Morgan fingerprint density at radius 2 is 1.90 bits per heavy atom. The fourth-order valence-corrected chi connectivity index (χ4v) is 3.95. The Morgan fingerprint density at radius 3 is 2.45 bits per heavy atom. The monoisotopic (exact) mass is 399 g/mol.